The van der Waals surface area contributed by atoms with Crippen LogP contribution in [0, 0.1) is 0 Å². The normalized spacial score (nSPS) is 25.2. The van der Waals surface area contributed by atoms with Crippen LogP contribution in [0.5, 0.6) is 0 Å². The summed E-state index contributed by atoms with van der Waals surface area (Å²) in [6.07, 6.45) is -4.92. The Morgan fingerprint density at radius 3 is 2.22 bits per heavy atom. The van der Waals surface area contributed by atoms with E-state index in [1.54, 1.807) is 24.3 Å². The largest absolute Gasteiger partial charge is 0.394 e. The van der Waals surface area contributed by atoms with Crippen LogP contribution in [0.2, 0.25) is 10.0 Å². The topological polar surface area (TPSA) is 125 Å². The van der Waals surface area contributed by atoms with Crippen molar-refractivity contribution in [1.29, 1.82) is 0 Å². The molecule has 5 rings (SSSR count). The summed E-state index contributed by atoms with van der Waals surface area (Å²) in [5, 5.41) is 30.8. The molecular formula is C21H17Cl2N3O6. The van der Waals surface area contributed by atoms with Crippen LogP contribution in [0.25, 0.3) is 11.0 Å². The van der Waals surface area contributed by atoms with Gasteiger partial charge in [0.25, 0.3) is 11.8 Å². The smallest absolute Gasteiger partial charge is 0.261 e. The minimum absolute atomic E-state index is 0.211. The molecule has 0 bridgehead atoms. The van der Waals surface area contributed by atoms with Crippen molar-refractivity contribution in [2.45, 2.75) is 31.1 Å². The van der Waals surface area contributed by atoms with E-state index in [0.717, 1.165) is 4.90 Å². The molecule has 3 aromatic rings. The third kappa shape index (κ3) is 3.13. The summed E-state index contributed by atoms with van der Waals surface area (Å²) in [5.41, 5.74) is 1.39. The van der Waals surface area contributed by atoms with E-state index in [0.29, 0.717) is 22.2 Å². The molecule has 0 saturated carbocycles. The third-order valence-electron chi connectivity index (χ3n) is 5.75. The van der Waals surface area contributed by atoms with E-state index in [-0.39, 0.29) is 22.4 Å². The van der Waals surface area contributed by atoms with Crippen molar-refractivity contribution in [1.82, 2.24) is 14.5 Å². The number of imidazole rings is 1. The molecule has 3 heterocycles. The van der Waals surface area contributed by atoms with Crippen molar-refractivity contribution < 1.29 is 29.6 Å². The average Bonchev–Trinajstić information content (AvgIpc) is 3.35. The van der Waals surface area contributed by atoms with Gasteiger partial charge in [-0.3, -0.25) is 19.1 Å². The number of imide groups is 1. The first kappa shape index (κ1) is 21.3. The summed E-state index contributed by atoms with van der Waals surface area (Å²) in [6.45, 7) is -0.732. The number of hydrogen-bond acceptors (Lipinski definition) is 7. The number of aromatic nitrogens is 2. The van der Waals surface area contributed by atoms with Crippen molar-refractivity contribution in [3.63, 3.8) is 0 Å². The van der Waals surface area contributed by atoms with E-state index < -0.39 is 43.0 Å². The van der Waals surface area contributed by atoms with Crippen molar-refractivity contribution >= 4 is 46.0 Å². The Hall–Kier alpha value is -2.53. The van der Waals surface area contributed by atoms with Gasteiger partial charge in [-0.15, -0.1) is 0 Å². The van der Waals surface area contributed by atoms with E-state index >= 15 is 0 Å². The number of rotatable bonds is 4. The Morgan fingerprint density at radius 2 is 1.62 bits per heavy atom. The third-order valence-corrected chi connectivity index (χ3v) is 6.48. The molecule has 3 N–H and O–H groups in total. The Bertz CT molecular complexity index is 1230. The number of halogens is 2. The van der Waals surface area contributed by atoms with Crippen molar-refractivity contribution in [2.24, 2.45) is 0 Å². The van der Waals surface area contributed by atoms with Crippen LogP contribution in [0.1, 0.15) is 32.8 Å². The number of aliphatic hydroxyl groups excluding tert-OH is 3. The molecule has 1 fully saturated rings. The molecular weight excluding hydrogens is 461 g/mol. The lowest BCUT2D eigenvalue weighted by atomic mass is 10.1. The first-order valence-corrected chi connectivity index (χ1v) is 10.5. The van der Waals surface area contributed by atoms with Crippen LogP contribution in [0.4, 0.5) is 0 Å². The first-order valence-electron chi connectivity index (χ1n) is 9.75. The molecule has 2 aromatic carbocycles. The highest BCUT2D eigenvalue weighted by atomic mass is 35.5. The second-order valence-corrected chi connectivity index (χ2v) is 8.44. The summed E-state index contributed by atoms with van der Waals surface area (Å²) < 4.78 is 7.15. The molecule has 0 spiro atoms. The molecule has 2 aliphatic heterocycles. The molecule has 166 valence electrons. The van der Waals surface area contributed by atoms with Gasteiger partial charge in [0.15, 0.2) is 6.23 Å². The number of carbonyl (C=O) groups excluding carboxylic acids is 2. The quantitative estimate of drug-likeness (QED) is 0.488. The molecule has 0 unspecified atom stereocenters. The second-order valence-electron chi connectivity index (χ2n) is 7.62. The van der Waals surface area contributed by atoms with Gasteiger partial charge in [-0.2, -0.15) is 0 Å². The molecule has 1 aromatic heterocycles. The van der Waals surface area contributed by atoms with Gasteiger partial charge in [-0.1, -0.05) is 35.3 Å². The van der Waals surface area contributed by atoms with E-state index in [1.165, 1.54) is 16.7 Å². The Morgan fingerprint density at radius 1 is 1.00 bits per heavy atom. The van der Waals surface area contributed by atoms with Gasteiger partial charge in [0, 0.05) is 0 Å². The van der Waals surface area contributed by atoms with Gasteiger partial charge in [0.05, 0.1) is 45.4 Å². The summed E-state index contributed by atoms with van der Waals surface area (Å²) >= 11 is 12.3. The zero-order valence-electron chi connectivity index (χ0n) is 16.4. The number of nitrogens with zero attached hydrogens (tertiary/aromatic N) is 3. The molecule has 32 heavy (non-hydrogen) atoms. The Balaban J connectivity index is 1.62. The van der Waals surface area contributed by atoms with Crippen LogP contribution in [-0.2, 0) is 11.3 Å². The SMILES string of the molecule is O=C1c2ccccc2C(=O)N1Cc1nc2cc(Cl)c(Cl)cc2n1[C@@H]1O[C@H](CO)[C@@H](O)[C@H]1O. The monoisotopic (exact) mass is 477 g/mol. The van der Waals surface area contributed by atoms with Crippen molar-refractivity contribution in [2.75, 3.05) is 6.61 Å². The standard InChI is InChI=1S/C21H17Cl2N3O6/c22-11-5-13-14(6-12(11)23)26(21-18(29)17(28)15(8-27)32-21)16(24-13)7-25-19(30)9-3-1-2-4-10(9)20(25)31/h1-6,15,17-18,21,27-29H,7-8H2/t15-,17-,18-,21-/m1/s1. The number of aliphatic hydroxyl groups is 3. The van der Waals surface area contributed by atoms with E-state index in [1.807, 2.05) is 0 Å². The number of hydrogen-bond donors (Lipinski definition) is 3. The van der Waals surface area contributed by atoms with E-state index in [4.69, 9.17) is 27.9 Å². The number of carbonyl (C=O) groups is 2. The molecule has 1 saturated heterocycles. The van der Waals surface area contributed by atoms with E-state index in [9.17, 15) is 24.9 Å². The van der Waals surface area contributed by atoms with E-state index in [2.05, 4.69) is 4.98 Å². The summed E-state index contributed by atoms with van der Waals surface area (Å²) in [7, 11) is 0. The lowest BCUT2D eigenvalue weighted by Gasteiger charge is -2.22. The van der Waals surface area contributed by atoms with Gasteiger partial charge in [0.2, 0.25) is 0 Å². The minimum Gasteiger partial charge on any atom is -0.394 e. The highest BCUT2D eigenvalue weighted by Gasteiger charge is 2.45. The lowest BCUT2D eigenvalue weighted by molar-refractivity contribution is -0.0524. The van der Waals surface area contributed by atoms with Gasteiger partial charge in [-0.25, -0.2) is 4.98 Å². The summed E-state index contributed by atoms with van der Waals surface area (Å²) in [5.74, 6) is -0.731. The number of fused-ring (bicyclic) bond motifs is 2. The molecule has 2 aliphatic rings. The Labute approximate surface area is 191 Å². The maximum atomic E-state index is 12.9. The highest BCUT2D eigenvalue weighted by molar-refractivity contribution is 6.42. The fourth-order valence-electron chi connectivity index (χ4n) is 4.15. The fourth-order valence-corrected chi connectivity index (χ4v) is 4.47. The highest BCUT2D eigenvalue weighted by Crippen LogP contribution is 2.37. The van der Waals surface area contributed by atoms with Crippen LogP contribution >= 0.6 is 23.2 Å². The first-order chi connectivity index (χ1) is 15.3. The Kier molecular flexibility index (Phi) is 5.20. The van der Waals surface area contributed by atoms with Crippen molar-refractivity contribution in [3.8, 4) is 0 Å². The lowest BCUT2D eigenvalue weighted by Crippen LogP contribution is -2.34. The van der Waals surface area contributed by atoms with Gasteiger partial charge < -0.3 is 20.1 Å². The van der Waals surface area contributed by atoms with Crippen LogP contribution < -0.4 is 0 Å². The molecule has 11 heteroatoms. The minimum atomic E-state index is -1.40. The fraction of sp³-hybridized carbons (Fsp3) is 0.286. The molecule has 0 radical (unpaired) electrons. The molecule has 2 amide bonds. The maximum absolute atomic E-state index is 12.9. The molecule has 4 atom stereocenters. The number of amides is 2. The van der Waals surface area contributed by atoms with Crippen LogP contribution in [0.3, 0.4) is 0 Å². The predicted octanol–water partition coefficient (Wildman–Crippen LogP) is 1.75. The number of benzene rings is 2. The van der Waals surface area contributed by atoms with Gasteiger partial charge in [-0.05, 0) is 24.3 Å². The predicted molar refractivity (Wildman–Crippen MR) is 113 cm³/mol. The second kappa shape index (κ2) is 7.80. The van der Waals surface area contributed by atoms with Gasteiger partial charge in [0.1, 0.15) is 24.1 Å². The number of ether oxygens (including phenoxy) is 1. The zero-order chi connectivity index (χ0) is 22.7. The molecule has 9 nitrogen and oxygen atoms in total. The summed E-state index contributed by atoms with van der Waals surface area (Å²) in [6, 6.07) is 9.53. The van der Waals surface area contributed by atoms with Crippen LogP contribution in [-0.4, -0.2) is 66.5 Å². The van der Waals surface area contributed by atoms with Crippen LogP contribution in [0.15, 0.2) is 36.4 Å². The summed E-state index contributed by atoms with van der Waals surface area (Å²) in [4.78, 5) is 31.3. The van der Waals surface area contributed by atoms with Crippen molar-refractivity contribution in [3.05, 3.63) is 63.4 Å². The average molecular weight is 478 g/mol. The van der Waals surface area contributed by atoms with Gasteiger partial charge >= 0.3 is 0 Å². The molecule has 0 aliphatic carbocycles. The maximum Gasteiger partial charge on any atom is 0.261 e. The zero-order valence-corrected chi connectivity index (χ0v) is 17.9.